The predicted octanol–water partition coefficient (Wildman–Crippen LogP) is -0.299. The summed E-state index contributed by atoms with van der Waals surface area (Å²) >= 11 is 0. The lowest BCUT2D eigenvalue weighted by molar-refractivity contribution is -0.156. The molecule has 1 aliphatic heterocycles. The van der Waals surface area contributed by atoms with Gasteiger partial charge in [-0.05, 0) is 19.8 Å². The van der Waals surface area contributed by atoms with Crippen LogP contribution in [0.1, 0.15) is 19.8 Å². The van der Waals surface area contributed by atoms with Gasteiger partial charge in [-0.2, -0.15) is 0 Å². The Morgan fingerprint density at radius 2 is 2.19 bits per heavy atom. The number of nitrogens with one attached hydrogen (secondary N) is 1. The SMILES string of the molecule is CC1(O)C=C2CNCC(C(=O)C(=O)O)(C2)C1. The lowest BCUT2D eigenvalue weighted by Gasteiger charge is -2.44. The van der Waals surface area contributed by atoms with E-state index in [0.717, 1.165) is 5.57 Å². The molecule has 0 saturated carbocycles. The first-order valence-corrected chi connectivity index (χ1v) is 5.26. The zero-order valence-electron chi connectivity index (χ0n) is 9.12. The molecule has 2 rings (SSSR count). The number of carbonyl (C=O) groups excluding carboxylic acids is 1. The van der Waals surface area contributed by atoms with Crippen LogP contribution in [0.4, 0.5) is 0 Å². The van der Waals surface area contributed by atoms with Crippen molar-refractivity contribution in [1.82, 2.24) is 5.32 Å². The first kappa shape index (κ1) is 11.3. The number of ketones is 1. The summed E-state index contributed by atoms with van der Waals surface area (Å²) in [6, 6.07) is 0. The fourth-order valence-electron chi connectivity index (χ4n) is 2.89. The third-order valence-electron chi connectivity index (χ3n) is 3.27. The number of Topliss-reactive ketones (excluding diaryl/α,β-unsaturated/α-hetero) is 1. The summed E-state index contributed by atoms with van der Waals surface area (Å²) in [6.45, 7) is 2.55. The molecule has 2 aliphatic rings. The fourth-order valence-corrected chi connectivity index (χ4v) is 2.89. The molecule has 0 aromatic rings. The van der Waals surface area contributed by atoms with Crippen molar-refractivity contribution in [1.29, 1.82) is 0 Å². The van der Waals surface area contributed by atoms with Crippen LogP contribution in [0.15, 0.2) is 11.6 Å². The standard InChI is InChI=1S/C11H15NO4/c1-10(16)2-7-3-11(5-10,6-12-4-7)8(13)9(14)15/h2,12,16H,3-6H2,1H3,(H,14,15). The van der Waals surface area contributed by atoms with Gasteiger partial charge in [0, 0.05) is 13.1 Å². The second-order valence-corrected chi connectivity index (χ2v) is 5.03. The Kier molecular flexibility index (Phi) is 2.40. The number of hydrogen-bond acceptors (Lipinski definition) is 4. The summed E-state index contributed by atoms with van der Waals surface area (Å²) in [5.41, 5.74) is -1.14. The van der Waals surface area contributed by atoms with Gasteiger partial charge in [0.15, 0.2) is 0 Å². The fraction of sp³-hybridized carbons (Fsp3) is 0.636. The second kappa shape index (κ2) is 3.40. The molecule has 0 radical (unpaired) electrons. The Hall–Kier alpha value is -1.20. The Morgan fingerprint density at radius 1 is 1.50 bits per heavy atom. The lowest BCUT2D eigenvalue weighted by Crippen LogP contribution is -2.54. The van der Waals surface area contributed by atoms with E-state index in [1.54, 1.807) is 13.0 Å². The summed E-state index contributed by atoms with van der Waals surface area (Å²) in [5, 5.41) is 21.9. The monoisotopic (exact) mass is 225 g/mol. The molecule has 16 heavy (non-hydrogen) atoms. The van der Waals surface area contributed by atoms with E-state index in [0.29, 0.717) is 19.5 Å². The van der Waals surface area contributed by atoms with E-state index in [9.17, 15) is 14.7 Å². The second-order valence-electron chi connectivity index (χ2n) is 5.03. The van der Waals surface area contributed by atoms with Gasteiger partial charge in [-0.15, -0.1) is 0 Å². The van der Waals surface area contributed by atoms with Crippen molar-refractivity contribution in [2.45, 2.75) is 25.4 Å². The first-order chi connectivity index (χ1) is 7.35. The summed E-state index contributed by atoms with van der Waals surface area (Å²) in [4.78, 5) is 22.6. The molecular weight excluding hydrogens is 210 g/mol. The number of aliphatic carboxylic acids is 1. The number of fused-ring (bicyclic) bond motifs is 2. The van der Waals surface area contributed by atoms with Crippen LogP contribution in [0.3, 0.4) is 0 Å². The largest absolute Gasteiger partial charge is 0.475 e. The van der Waals surface area contributed by atoms with Crippen LogP contribution in [0.2, 0.25) is 0 Å². The molecule has 1 heterocycles. The highest BCUT2D eigenvalue weighted by molar-refractivity contribution is 6.35. The van der Waals surface area contributed by atoms with Crippen molar-refractivity contribution in [3.63, 3.8) is 0 Å². The van der Waals surface area contributed by atoms with E-state index < -0.39 is 22.8 Å². The van der Waals surface area contributed by atoms with Crippen LogP contribution in [0.5, 0.6) is 0 Å². The topological polar surface area (TPSA) is 86.6 Å². The van der Waals surface area contributed by atoms with E-state index in [1.165, 1.54) is 0 Å². The van der Waals surface area contributed by atoms with Crippen LogP contribution in [0, 0.1) is 5.41 Å². The number of aliphatic hydroxyl groups is 1. The number of carbonyl (C=O) groups is 2. The molecule has 0 spiro atoms. The third-order valence-corrected chi connectivity index (χ3v) is 3.27. The van der Waals surface area contributed by atoms with Crippen molar-refractivity contribution in [3.05, 3.63) is 11.6 Å². The van der Waals surface area contributed by atoms with Crippen LogP contribution < -0.4 is 5.32 Å². The molecule has 2 bridgehead atoms. The smallest absolute Gasteiger partial charge is 0.372 e. The Labute approximate surface area is 93.1 Å². The van der Waals surface area contributed by atoms with Crippen LogP contribution >= 0.6 is 0 Å². The molecular formula is C11H15NO4. The number of carboxylic acid groups (broad SMARTS) is 1. The quantitative estimate of drug-likeness (QED) is 0.443. The summed E-state index contributed by atoms with van der Waals surface area (Å²) in [5.74, 6) is -2.22. The molecule has 1 aliphatic carbocycles. The Balaban J connectivity index is 2.38. The Morgan fingerprint density at radius 3 is 2.81 bits per heavy atom. The number of hydrogen-bond donors (Lipinski definition) is 3. The van der Waals surface area contributed by atoms with Crippen LogP contribution in [-0.4, -0.2) is 40.7 Å². The minimum atomic E-state index is -1.42. The van der Waals surface area contributed by atoms with Gasteiger partial charge in [0.25, 0.3) is 0 Å². The zero-order chi connectivity index (χ0) is 12.0. The van der Waals surface area contributed by atoms with Gasteiger partial charge in [0.05, 0.1) is 11.0 Å². The molecule has 88 valence electrons. The molecule has 2 unspecified atom stereocenters. The van der Waals surface area contributed by atoms with Crippen molar-refractivity contribution in [2.24, 2.45) is 5.41 Å². The normalized spacial score (nSPS) is 37.8. The molecule has 5 heteroatoms. The van der Waals surface area contributed by atoms with Gasteiger partial charge in [0.2, 0.25) is 5.78 Å². The van der Waals surface area contributed by atoms with Crippen molar-refractivity contribution >= 4 is 11.8 Å². The molecule has 5 nitrogen and oxygen atoms in total. The maximum atomic E-state index is 11.7. The van der Waals surface area contributed by atoms with E-state index in [1.807, 2.05) is 0 Å². The minimum Gasteiger partial charge on any atom is -0.475 e. The van der Waals surface area contributed by atoms with Gasteiger partial charge in [-0.3, -0.25) is 4.79 Å². The van der Waals surface area contributed by atoms with Crippen LogP contribution in [0.25, 0.3) is 0 Å². The van der Waals surface area contributed by atoms with E-state index in [4.69, 9.17) is 5.11 Å². The van der Waals surface area contributed by atoms with Gasteiger partial charge in [-0.25, -0.2) is 4.79 Å². The molecule has 1 fully saturated rings. The molecule has 2 atom stereocenters. The van der Waals surface area contributed by atoms with E-state index in [2.05, 4.69) is 5.32 Å². The molecule has 3 N–H and O–H groups in total. The first-order valence-electron chi connectivity index (χ1n) is 5.26. The number of carboxylic acids is 1. The molecule has 0 aromatic carbocycles. The van der Waals surface area contributed by atoms with Gasteiger partial charge in [0.1, 0.15) is 0 Å². The third kappa shape index (κ3) is 1.76. The highest BCUT2D eigenvalue weighted by atomic mass is 16.4. The maximum Gasteiger partial charge on any atom is 0.372 e. The van der Waals surface area contributed by atoms with Crippen molar-refractivity contribution in [3.8, 4) is 0 Å². The number of piperidine rings is 1. The highest BCUT2D eigenvalue weighted by Gasteiger charge is 2.50. The van der Waals surface area contributed by atoms with Gasteiger partial charge in [-0.1, -0.05) is 11.6 Å². The molecule has 0 aromatic heterocycles. The predicted molar refractivity (Wildman–Crippen MR) is 55.9 cm³/mol. The maximum absolute atomic E-state index is 11.7. The summed E-state index contributed by atoms with van der Waals surface area (Å²) < 4.78 is 0. The van der Waals surface area contributed by atoms with Crippen molar-refractivity contribution < 1.29 is 19.8 Å². The summed E-state index contributed by atoms with van der Waals surface area (Å²) in [6.07, 6.45) is 2.34. The van der Waals surface area contributed by atoms with E-state index in [-0.39, 0.29) is 6.42 Å². The zero-order valence-corrected chi connectivity index (χ0v) is 9.12. The lowest BCUT2D eigenvalue weighted by atomic mass is 9.64. The van der Waals surface area contributed by atoms with E-state index >= 15 is 0 Å². The van der Waals surface area contributed by atoms with Crippen LogP contribution in [-0.2, 0) is 9.59 Å². The Bertz CT molecular complexity index is 385. The van der Waals surface area contributed by atoms with Gasteiger partial charge < -0.3 is 15.5 Å². The minimum absolute atomic E-state index is 0.168. The highest BCUT2D eigenvalue weighted by Crippen LogP contribution is 2.43. The summed E-state index contributed by atoms with van der Waals surface area (Å²) in [7, 11) is 0. The van der Waals surface area contributed by atoms with Crippen molar-refractivity contribution in [2.75, 3.05) is 13.1 Å². The molecule has 1 saturated heterocycles. The number of rotatable bonds is 2. The average molecular weight is 225 g/mol. The van der Waals surface area contributed by atoms with Gasteiger partial charge >= 0.3 is 5.97 Å². The average Bonchev–Trinajstić information content (AvgIpc) is 2.13. The molecule has 0 amide bonds.